The zero-order valence-electron chi connectivity index (χ0n) is 13.1. The SMILES string of the molecule is CCN(C(=O)COC(=O)CCc1cccs1)C1CCS(=O)(=O)C1. The van der Waals surface area contributed by atoms with Gasteiger partial charge in [0.15, 0.2) is 16.4 Å². The molecule has 0 aliphatic carbocycles. The summed E-state index contributed by atoms with van der Waals surface area (Å²) < 4.78 is 28.1. The summed E-state index contributed by atoms with van der Waals surface area (Å²) in [5, 5.41) is 1.94. The smallest absolute Gasteiger partial charge is 0.306 e. The highest BCUT2D eigenvalue weighted by Crippen LogP contribution is 2.18. The fourth-order valence-electron chi connectivity index (χ4n) is 2.64. The summed E-state index contributed by atoms with van der Waals surface area (Å²) in [6.45, 7) is 1.88. The van der Waals surface area contributed by atoms with E-state index in [1.165, 1.54) is 4.90 Å². The van der Waals surface area contributed by atoms with E-state index in [4.69, 9.17) is 4.74 Å². The van der Waals surface area contributed by atoms with E-state index >= 15 is 0 Å². The first kappa shape index (κ1) is 17.9. The molecule has 1 amide bonds. The Morgan fingerprint density at radius 2 is 2.22 bits per heavy atom. The van der Waals surface area contributed by atoms with Crippen molar-refractivity contribution in [2.24, 2.45) is 0 Å². The standard InChI is InChI=1S/C15H21NO5S2/c1-2-16(12-7-9-23(19,20)11-12)14(17)10-21-15(18)6-5-13-4-3-8-22-13/h3-4,8,12H,2,5-7,9-11H2,1H3. The van der Waals surface area contributed by atoms with Gasteiger partial charge in [-0.05, 0) is 31.2 Å². The molecule has 2 rings (SSSR count). The number of hydrogen-bond acceptors (Lipinski definition) is 6. The Hall–Kier alpha value is -1.41. The first-order valence-corrected chi connectivity index (χ1v) is 10.3. The zero-order chi connectivity index (χ0) is 16.9. The number of sulfone groups is 1. The van der Waals surface area contributed by atoms with Crippen LogP contribution in [0.25, 0.3) is 0 Å². The Balaban J connectivity index is 1.77. The molecule has 0 bridgehead atoms. The lowest BCUT2D eigenvalue weighted by molar-refractivity contribution is -0.152. The van der Waals surface area contributed by atoms with Crippen LogP contribution in [0.4, 0.5) is 0 Å². The van der Waals surface area contributed by atoms with E-state index in [1.54, 1.807) is 18.3 Å². The van der Waals surface area contributed by atoms with E-state index in [0.717, 1.165) is 4.88 Å². The molecule has 1 fully saturated rings. The van der Waals surface area contributed by atoms with Crippen molar-refractivity contribution in [1.29, 1.82) is 0 Å². The third-order valence-corrected chi connectivity index (χ3v) is 6.51. The van der Waals surface area contributed by atoms with Gasteiger partial charge < -0.3 is 9.64 Å². The van der Waals surface area contributed by atoms with Gasteiger partial charge in [0.05, 0.1) is 17.9 Å². The normalized spacial score (nSPS) is 19.4. The van der Waals surface area contributed by atoms with Gasteiger partial charge >= 0.3 is 5.97 Å². The largest absolute Gasteiger partial charge is 0.456 e. The number of carbonyl (C=O) groups excluding carboxylic acids is 2. The monoisotopic (exact) mass is 359 g/mol. The molecule has 1 aliphatic rings. The number of amides is 1. The molecule has 6 nitrogen and oxygen atoms in total. The number of esters is 1. The van der Waals surface area contributed by atoms with Gasteiger partial charge in [-0.25, -0.2) is 8.42 Å². The quantitative estimate of drug-likeness (QED) is 0.685. The molecule has 0 aromatic carbocycles. The van der Waals surface area contributed by atoms with Gasteiger partial charge in [-0.2, -0.15) is 0 Å². The Bertz CT molecular complexity index is 639. The third-order valence-electron chi connectivity index (χ3n) is 3.82. The van der Waals surface area contributed by atoms with Crippen molar-refractivity contribution < 1.29 is 22.7 Å². The maximum atomic E-state index is 12.2. The summed E-state index contributed by atoms with van der Waals surface area (Å²) in [4.78, 5) is 26.5. The average Bonchev–Trinajstić information content (AvgIpc) is 3.13. The minimum Gasteiger partial charge on any atom is -0.456 e. The van der Waals surface area contributed by atoms with Crippen molar-refractivity contribution in [2.75, 3.05) is 24.7 Å². The van der Waals surface area contributed by atoms with Gasteiger partial charge in [-0.3, -0.25) is 9.59 Å². The topological polar surface area (TPSA) is 80.8 Å². The van der Waals surface area contributed by atoms with E-state index in [2.05, 4.69) is 0 Å². The number of carbonyl (C=O) groups is 2. The number of hydrogen-bond donors (Lipinski definition) is 0. The van der Waals surface area contributed by atoms with E-state index in [9.17, 15) is 18.0 Å². The first-order chi connectivity index (χ1) is 10.9. The van der Waals surface area contributed by atoms with Crippen LogP contribution in [-0.4, -0.2) is 55.9 Å². The van der Waals surface area contributed by atoms with Crippen LogP contribution in [0, 0.1) is 0 Å². The maximum absolute atomic E-state index is 12.2. The number of aryl methyl sites for hydroxylation is 1. The maximum Gasteiger partial charge on any atom is 0.306 e. The van der Waals surface area contributed by atoms with Crippen molar-refractivity contribution in [3.8, 4) is 0 Å². The Labute approximate surface area is 140 Å². The Kier molecular flexibility index (Phi) is 6.17. The van der Waals surface area contributed by atoms with Crippen LogP contribution in [0.15, 0.2) is 17.5 Å². The van der Waals surface area contributed by atoms with Gasteiger partial charge in [-0.1, -0.05) is 6.07 Å². The van der Waals surface area contributed by atoms with Gasteiger partial charge in [0.2, 0.25) is 0 Å². The molecule has 1 atom stereocenters. The predicted octanol–water partition coefficient (Wildman–Crippen LogP) is 1.26. The van der Waals surface area contributed by atoms with Crippen molar-refractivity contribution in [3.63, 3.8) is 0 Å². The molecule has 0 saturated carbocycles. The molecule has 0 N–H and O–H groups in total. The van der Waals surface area contributed by atoms with Gasteiger partial charge in [0.25, 0.3) is 5.91 Å². The Morgan fingerprint density at radius 1 is 1.43 bits per heavy atom. The molecular weight excluding hydrogens is 338 g/mol. The van der Waals surface area contributed by atoms with Crippen LogP contribution in [0.2, 0.25) is 0 Å². The van der Waals surface area contributed by atoms with Crippen molar-refractivity contribution in [1.82, 2.24) is 4.90 Å². The van der Waals surface area contributed by atoms with Crippen molar-refractivity contribution in [2.45, 2.75) is 32.2 Å². The Morgan fingerprint density at radius 3 is 2.78 bits per heavy atom. The third kappa shape index (κ3) is 5.31. The first-order valence-electron chi connectivity index (χ1n) is 7.59. The summed E-state index contributed by atoms with van der Waals surface area (Å²) in [7, 11) is -3.05. The minimum atomic E-state index is -3.05. The van der Waals surface area contributed by atoms with Crippen molar-refractivity contribution in [3.05, 3.63) is 22.4 Å². The van der Waals surface area contributed by atoms with Crippen LogP contribution in [0.3, 0.4) is 0 Å². The highest BCUT2D eigenvalue weighted by atomic mass is 32.2. The molecule has 1 aliphatic heterocycles. The number of ether oxygens (including phenoxy) is 1. The predicted molar refractivity (Wildman–Crippen MR) is 88.0 cm³/mol. The molecule has 0 spiro atoms. The summed E-state index contributed by atoms with van der Waals surface area (Å²) >= 11 is 1.57. The van der Waals surface area contributed by atoms with Gasteiger partial charge in [0, 0.05) is 17.5 Å². The lowest BCUT2D eigenvalue weighted by Crippen LogP contribution is -2.43. The summed E-state index contributed by atoms with van der Waals surface area (Å²) in [5.74, 6) is -0.637. The molecule has 23 heavy (non-hydrogen) atoms. The number of nitrogens with zero attached hydrogens (tertiary/aromatic N) is 1. The van der Waals surface area contributed by atoms with Crippen LogP contribution in [-0.2, 0) is 30.6 Å². The number of rotatable bonds is 7. The molecule has 0 radical (unpaired) electrons. The fourth-order valence-corrected chi connectivity index (χ4v) is 5.08. The summed E-state index contributed by atoms with van der Waals surface area (Å²) in [5.41, 5.74) is 0. The zero-order valence-corrected chi connectivity index (χ0v) is 14.7. The van der Waals surface area contributed by atoms with Crippen LogP contribution in [0.5, 0.6) is 0 Å². The van der Waals surface area contributed by atoms with Crippen LogP contribution in [0.1, 0.15) is 24.6 Å². The highest BCUT2D eigenvalue weighted by Gasteiger charge is 2.34. The van der Waals surface area contributed by atoms with E-state index in [1.807, 2.05) is 17.5 Å². The highest BCUT2D eigenvalue weighted by molar-refractivity contribution is 7.91. The second kappa shape index (κ2) is 7.92. The van der Waals surface area contributed by atoms with E-state index in [0.29, 0.717) is 19.4 Å². The fraction of sp³-hybridized carbons (Fsp3) is 0.600. The van der Waals surface area contributed by atoms with Gasteiger partial charge in [-0.15, -0.1) is 11.3 Å². The molecule has 8 heteroatoms. The van der Waals surface area contributed by atoms with Gasteiger partial charge in [0.1, 0.15) is 0 Å². The number of thiophene rings is 1. The molecule has 128 valence electrons. The van der Waals surface area contributed by atoms with Crippen LogP contribution < -0.4 is 0 Å². The molecule has 1 saturated heterocycles. The lowest BCUT2D eigenvalue weighted by atomic mass is 10.2. The van der Waals surface area contributed by atoms with E-state index < -0.39 is 15.8 Å². The molecule has 1 unspecified atom stereocenters. The average molecular weight is 359 g/mol. The minimum absolute atomic E-state index is 0.00109. The summed E-state index contributed by atoms with van der Waals surface area (Å²) in [6.07, 6.45) is 1.29. The molecule has 2 heterocycles. The van der Waals surface area contributed by atoms with E-state index in [-0.39, 0.29) is 36.5 Å². The van der Waals surface area contributed by atoms with Crippen molar-refractivity contribution >= 4 is 33.1 Å². The molecule has 1 aromatic rings. The number of likely N-dealkylation sites (N-methyl/N-ethyl adjacent to an activating group) is 1. The lowest BCUT2D eigenvalue weighted by Gasteiger charge is -2.26. The molecular formula is C15H21NO5S2. The second-order valence-corrected chi connectivity index (χ2v) is 8.74. The summed E-state index contributed by atoms with van der Waals surface area (Å²) in [6, 6.07) is 3.56. The van der Waals surface area contributed by atoms with Crippen LogP contribution >= 0.6 is 11.3 Å². The molecule has 1 aromatic heterocycles. The second-order valence-electron chi connectivity index (χ2n) is 5.48.